The maximum atomic E-state index is 13.1. The van der Waals surface area contributed by atoms with Crippen molar-refractivity contribution in [3.05, 3.63) is 12.2 Å². The van der Waals surface area contributed by atoms with Gasteiger partial charge in [-0.2, -0.15) is 0 Å². The zero-order chi connectivity index (χ0) is 14.5. The molecule has 1 aliphatic carbocycles. The van der Waals surface area contributed by atoms with Crippen LogP contribution in [0.15, 0.2) is 12.2 Å². The van der Waals surface area contributed by atoms with E-state index in [-0.39, 0.29) is 19.8 Å². The Balaban J connectivity index is 3.25. The number of esters is 1. The van der Waals surface area contributed by atoms with Gasteiger partial charge in [0.2, 0.25) is 0 Å². The molecule has 0 aromatic carbocycles. The van der Waals surface area contributed by atoms with Crippen molar-refractivity contribution in [1.29, 1.82) is 0 Å². The predicted octanol–water partition coefficient (Wildman–Crippen LogP) is 3.29. The van der Waals surface area contributed by atoms with E-state index in [1.165, 1.54) is 0 Å². The fourth-order valence-electron chi connectivity index (χ4n) is 2.48. The third-order valence-corrected chi connectivity index (χ3v) is 6.13. The lowest BCUT2D eigenvalue weighted by Gasteiger charge is -2.34. The summed E-state index contributed by atoms with van der Waals surface area (Å²) >= 11 is 0. The first kappa shape index (κ1) is 16.4. The molecule has 0 aromatic rings. The predicted molar refractivity (Wildman–Crippen MR) is 73.2 cm³/mol. The topological polar surface area (TPSA) is 61.8 Å². The molecule has 0 saturated heterocycles. The van der Waals surface area contributed by atoms with Crippen molar-refractivity contribution in [1.82, 2.24) is 0 Å². The van der Waals surface area contributed by atoms with Crippen molar-refractivity contribution in [3.8, 4) is 0 Å². The van der Waals surface area contributed by atoms with E-state index >= 15 is 0 Å². The molecular weight excluding hydrogens is 267 g/mol. The van der Waals surface area contributed by atoms with Gasteiger partial charge in [0.15, 0.2) is 5.16 Å². The van der Waals surface area contributed by atoms with Gasteiger partial charge in [-0.15, -0.1) is 0 Å². The SMILES string of the molecule is C=C1CCCC1(C(=O)OCC)P(=O)(OCC)OCC. The van der Waals surface area contributed by atoms with E-state index in [1.807, 2.05) is 0 Å². The highest BCUT2D eigenvalue weighted by molar-refractivity contribution is 7.57. The highest BCUT2D eigenvalue weighted by Gasteiger charge is 2.61. The average molecular weight is 290 g/mol. The summed E-state index contributed by atoms with van der Waals surface area (Å²) in [5.41, 5.74) is 0.594. The first-order valence-electron chi connectivity index (χ1n) is 6.73. The van der Waals surface area contributed by atoms with Gasteiger partial charge in [0.05, 0.1) is 19.8 Å². The van der Waals surface area contributed by atoms with Crippen molar-refractivity contribution in [2.75, 3.05) is 19.8 Å². The fraction of sp³-hybridized carbons (Fsp3) is 0.769. The molecule has 0 bridgehead atoms. The zero-order valence-electron chi connectivity index (χ0n) is 11.9. The largest absolute Gasteiger partial charge is 0.465 e. The summed E-state index contributed by atoms with van der Waals surface area (Å²) in [6.07, 6.45) is 1.78. The van der Waals surface area contributed by atoms with Crippen LogP contribution in [0.1, 0.15) is 40.0 Å². The Kier molecular flexibility index (Phi) is 5.78. The van der Waals surface area contributed by atoms with Crippen molar-refractivity contribution >= 4 is 13.6 Å². The van der Waals surface area contributed by atoms with Crippen LogP contribution in [0.25, 0.3) is 0 Å². The van der Waals surface area contributed by atoms with Crippen LogP contribution in [0.2, 0.25) is 0 Å². The van der Waals surface area contributed by atoms with Crippen LogP contribution in [-0.4, -0.2) is 30.9 Å². The third-order valence-electron chi connectivity index (χ3n) is 3.28. The van der Waals surface area contributed by atoms with Gasteiger partial charge in [0, 0.05) is 0 Å². The molecule has 1 atom stereocenters. The average Bonchev–Trinajstić information content (AvgIpc) is 2.73. The number of carbonyl (C=O) groups is 1. The van der Waals surface area contributed by atoms with E-state index in [0.29, 0.717) is 18.4 Å². The van der Waals surface area contributed by atoms with Gasteiger partial charge in [0.1, 0.15) is 0 Å². The van der Waals surface area contributed by atoms with E-state index in [4.69, 9.17) is 13.8 Å². The van der Waals surface area contributed by atoms with Crippen LogP contribution < -0.4 is 0 Å². The first-order valence-corrected chi connectivity index (χ1v) is 8.27. The summed E-state index contributed by atoms with van der Waals surface area (Å²) in [6, 6.07) is 0. The Labute approximate surface area is 114 Å². The molecule has 1 saturated carbocycles. The Morgan fingerprint density at radius 1 is 1.26 bits per heavy atom. The maximum Gasteiger partial charge on any atom is 0.352 e. The molecule has 0 spiro atoms. The van der Waals surface area contributed by atoms with Gasteiger partial charge < -0.3 is 13.8 Å². The standard InChI is InChI=1S/C13H23O5P/c1-5-16-12(14)13(10-8-9-11(13)4)19(15,17-6-2)18-7-3/h4-10H2,1-3H3. The van der Waals surface area contributed by atoms with Gasteiger partial charge in [-0.25, -0.2) is 0 Å². The number of rotatable bonds is 7. The molecule has 5 nitrogen and oxygen atoms in total. The smallest absolute Gasteiger partial charge is 0.352 e. The highest BCUT2D eigenvalue weighted by Crippen LogP contribution is 2.67. The molecule has 6 heteroatoms. The number of carbonyl (C=O) groups excluding carboxylic acids is 1. The van der Waals surface area contributed by atoms with Gasteiger partial charge in [-0.1, -0.05) is 6.58 Å². The van der Waals surface area contributed by atoms with Crippen molar-refractivity contribution < 1.29 is 23.1 Å². The summed E-state index contributed by atoms with van der Waals surface area (Å²) in [7, 11) is -3.61. The molecule has 0 radical (unpaired) electrons. The van der Waals surface area contributed by atoms with Crippen molar-refractivity contribution in [2.24, 2.45) is 0 Å². The van der Waals surface area contributed by atoms with Crippen molar-refractivity contribution in [2.45, 2.75) is 45.2 Å². The van der Waals surface area contributed by atoms with Crippen LogP contribution in [0.4, 0.5) is 0 Å². The molecule has 0 aliphatic heterocycles. The van der Waals surface area contributed by atoms with Crippen LogP contribution in [0.3, 0.4) is 0 Å². The Morgan fingerprint density at radius 3 is 2.21 bits per heavy atom. The Bertz CT molecular complexity index is 382. The second-order valence-corrected chi connectivity index (χ2v) is 6.65. The summed E-state index contributed by atoms with van der Waals surface area (Å²) in [6.45, 7) is 9.73. The molecule has 0 N–H and O–H groups in total. The molecule has 1 rings (SSSR count). The summed E-state index contributed by atoms with van der Waals surface area (Å²) < 4.78 is 28.9. The van der Waals surface area contributed by atoms with Crippen LogP contribution in [0.5, 0.6) is 0 Å². The molecule has 0 amide bonds. The molecule has 0 aromatic heterocycles. The highest BCUT2D eigenvalue weighted by atomic mass is 31.2. The van der Waals surface area contributed by atoms with Crippen molar-refractivity contribution in [3.63, 3.8) is 0 Å². The second-order valence-electron chi connectivity index (χ2n) is 4.37. The minimum Gasteiger partial charge on any atom is -0.465 e. The molecule has 1 aliphatic rings. The lowest BCUT2D eigenvalue weighted by molar-refractivity contribution is -0.145. The Morgan fingerprint density at radius 2 is 1.84 bits per heavy atom. The van der Waals surface area contributed by atoms with Crippen LogP contribution in [-0.2, 0) is 23.1 Å². The first-order chi connectivity index (χ1) is 8.98. The van der Waals surface area contributed by atoms with E-state index in [0.717, 1.165) is 6.42 Å². The normalized spacial score (nSPS) is 23.6. The van der Waals surface area contributed by atoms with Gasteiger partial charge in [-0.3, -0.25) is 9.36 Å². The van der Waals surface area contributed by atoms with E-state index in [1.54, 1.807) is 20.8 Å². The fourth-order valence-corrected chi connectivity index (χ4v) is 4.89. The summed E-state index contributed by atoms with van der Waals surface area (Å²) in [5, 5.41) is -1.32. The molecular formula is C13H23O5P. The third kappa shape index (κ3) is 2.78. The monoisotopic (exact) mass is 290 g/mol. The molecule has 19 heavy (non-hydrogen) atoms. The number of hydrogen-bond donors (Lipinski definition) is 0. The molecule has 1 unspecified atom stereocenters. The minimum absolute atomic E-state index is 0.214. The van der Waals surface area contributed by atoms with Crippen LogP contribution in [0, 0.1) is 0 Å². The van der Waals surface area contributed by atoms with Gasteiger partial charge >= 0.3 is 13.6 Å². The number of hydrogen-bond acceptors (Lipinski definition) is 5. The van der Waals surface area contributed by atoms with E-state index in [9.17, 15) is 9.36 Å². The molecule has 1 fully saturated rings. The quantitative estimate of drug-likeness (QED) is 0.409. The second kappa shape index (κ2) is 6.69. The minimum atomic E-state index is -3.61. The van der Waals surface area contributed by atoms with Crippen LogP contribution >= 0.6 is 7.60 Å². The lowest BCUT2D eigenvalue weighted by Crippen LogP contribution is -2.40. The summed E-state index contributed by atoms with van der Waals surface area (Å²) in [4.78, 5) is 12.4. The van der Waals surface area contributed by atoms with E-state index < -0.39 is 18.7 Å². The maximum absolute atomic E-state index is 13.1. The van der Waals surface area contributed by atoms with Gasteiger partial charge in [-0.05, 0) is 45.6 Å². The van der Waals surface area contributed by atoms with Gasteiger partial charge in [0.25, 0.3) is 0 Å². The summed E-state index contributed by atoms with van der Waals surface area (Å²) in [5.74, 6) is -0.539. The number of ether oxygens (including phenoxy) is 1. The Hall–Kier alpha value is -0.640. The zero-order valence-corrected chi connectivity index (χ0v) is 12.8. The lowest BCUT2D eigenvalue weighted by atomic mass is 10.0. The molecule has 110 valence electrons. The van der Waals surface area contributed by atoms with E-state index in [2.05, 4.69) is 6.58 Å². The molecule has 0 heterocycles.